The predicted octanol–water partition coefficient (Wildman–Crippen LogP) is 2.72. The van der Waals surface area contributed by atoms with Crippen LogP contribution in [0.5, 0.6) is 0 Å². The van der Waals surface area contributed by atoms with Gasteiger partial charge in [0.25, 0.3) is 0 Å². The first kappa shape index (κ1) is 10.6. The Morgan fingerprint density at radius 2 is 2.40 bits per heavy atom. The van der Waals surface area contributed by atoms with Crippen LogP contribution in [-0.2, 0) is 13.5 Å². The molecule has 0 aliphatic carbocycles. The van der Waals surface area contributed by atoms with E-state index in [-0.39, 0.29) is 0 Å². The highest BCUT2D eigenvalue weighted by Gasteiger charge is 2.05. The van der Waals surface area contributed by atoms with Crippen molar-refractivity contribution in [1.82, 2.24) is 14.8 Å². The molecule has 0 N–H and O–H groups in total. The lowest BCUT2D eigenvalue weighted by molar-refractivity contribution is 0.768. The SMILES string of the molecule is Cn1cc(-c2nc(CCCCl)cs2)cn1. The molecule has 3 nitrogen and oxygen atoms in total. The van der Waals surface area contributed by atoms with Crippen LogP contribution in [0.2, 0.25) is 0 Å². The second-order valence-corrected chi connectivity index (χ2v) is 4.58. The minimum absolute atomic E-state index is 0.694. The summed E-state index contributed by atoms with van der Waals surface area (Å²) >= 11 is 7.30. The van der Waals surface area contributed by atoms with Gasteiger partial charge in [-0.05, 0) is 12.8 Å². The maximum Gasteiger partial charge on any atom is 0.126 e. The number of aromatic nitrogens is 3. The van der Waals surface area contributed by atoms with Gasteiger partial charge in [0.05, 0.1) is 11.9 Å². The lowest BCUT2D eigenvalue weighted by atomic mass is 10.3. The minimum Gasteiger partial charge on any atom is -0.275 e. The fraction of sp³-hybridized carbons (Fsp3) is 0.400. The third kappa shape index (κ3) is 2.58. The molecule has 0 spiro atoms. The molecule has 0 aliphatic heterocycles. The molecular weight excluding hydrogens is 230 g/mol. The second-order valence-electron chi connectivity index (χ2n) is 3.34. The lowest BCUT2D eigenvalue weighted by Crippen LogP contribution is -1.86. The molecule has 0 amide bonds. The summed E-state index contributed by atoms with van der Waals surface area (Å²) < 4.78 is 1.79. The Balaban J connectivity index is 2.13. The van der Waals surface area contributed by atoms with Gasteiger partial charge in [0.1, 0.15) is 5.01 Å². The quantitative estimate of drug-likeness (QED) is 0.771. The maximum absolute atomic E-state index is 5.64. The number of nitrogens with zero attached hydrogens (tertiary/aromatic N) is 3. The summed E-state index contributed by atoms with van der Waals surface area (Å²) in [6.07, 6.45) is 5.76. The molecule has 0 saturated carbocycles. The molecule has 5 heteroatoms. The summed E-state index contributed by atoms with van der Waals surface area (Å²) in [5.41, 5.74) is 2.21. The molecule has 0 aliphatic rings. The Hall–Kier alpha value is -0.870. The molecule has 0 saturated heterocycles. The van der Waals surface area contributed by atoms with Crippen LogP contribution in [0.25, 0.3) is 10.6 Å². The van der Waals surface area contributed by atoms with Gasteiger partial charge in [-0.3, -0.25) is 4.68 Å². The standard InChI is InChI=1S/C10H12ClN3S/c1-14-6-8(5-12-14)10-13-9(7-15-10)3-2-4-11/h5-7H,2-4H2,1H3. The molecule has 0 atom stereocenters. The molecule has 0 unspecified atom stereocenters. The van der Waals surface area contributed by atoms with Crippen LogP contribution in [0.1, 0.15) is 12.1 Å². The van der Waals surface area contributed by atoms with Crippen LogP contribution < -0.4 is 0 Å². The van der Waals surface area contributed by atoms with Gasteiger partial charge in [-0.15, -0.1) is 22.9 Å². The fourth-order valence-electron chi connectivity index (χ4n) is 1.33. The molecule has 2 rings (SSSR count). The van der Waals surface area contributed by atoms with Crippen molar-refractivity contribution in [3.05, 3.63) is 23.5 Å². The van der Waals surface area contributed by atoms with E-state index in [2.05, 4.69) is 15.5 Å². The molecule has 80 valence electrons. The first-order valence-corrected chi connectivity index (χ1v) is 6.20. The van der Waals surface area contributed by atoms with Crippen molar-refractivity contribution in [2.45, 2.75) is 12.8 Å². The normalized spacial score (nSPS) is 10.8. The van der Waals surface area contributed by atoms with E-state index in [1.165, 1.54) is 0 Å². The van der Waals surface area contributed by atoms with Gasteiger partial charge in [-0.2, -0.15) is 5.10 Å². The van der Waals surface area contributed by atoms with E-state index in [9.17, 15) is 0 Å². The molecule has 15 heavy (non-hydrogen) atoms. The van der Waals surface area contributed by atoms with Gasteiger partial charge in [-0.1, -0.05) is 0 Å². The van der Waals surface area contributed by atoms with Gasteiger partial charge >= 0.3 is 0 Å². The zero-order valence-electron chi connectivity index (χ0n) is 8.48. The second kappa shape index (κ2) is 4.77. The zero-order chi connectivity index (χ0) is 10.7. The Morgan fingerprint density at radius 3 is 3.07 bits per heavy atom. The van der Waals surface area contributed by atoms with E-state index in [0.717, 1.165) is 29.1 Å². The Morgan fingerprint density at radius 1 is 1.53 bits per heavy atom. The van der Waals surface area contributed by atoms with Crippen molar-refractivity contribution in [3.8, 4) is 10.6 Å². The first-order chi connectivity index (χ1) is 7.29. The summed E-state index contributed by atoms with van der Waals surface area (Å²) in [5.74, 6) is 0.694. The van der Waals surface area contributed by atoms with Crippen LogP contribution >= 0.6 is 22.9 Å². The molecular formula is C10H12ClN3S. The van der Waals surface area contributed by atoms with E-state index in [0.29, 0.717) is 5.88 Å². The number of aryl methyl sites for hydroxylation is 2. The Labute approximate surface area is 97.7 Å². The highest BCUT2D eigenvalue weighted by Crippen LogP contribution is 2.23. The molecule has 0 radical (unpaired) electrons. The van der Waals surface area contributed by atoms with Crippen molar-refractivity contribution in [1.29, 1.82) is 0 Å². The van der Waals surface area contributed by atoms with E-state index in [4.69, 9.17) is 11.6 Å². The Bertz CT molecular complexity index is 435. The van der Waals surface area contributed by atoms with E-state index >= 15 is 0 Å². The molecule has 0 fully saturated rings. The lowest BCUT2D eigenvalue weighted by Gasteiger charge is -1.91. The summed E-state index contributed by atoms with van der Waals surface area (Å²) in [7, 11) is 1.91. The van der Waals surface area contributed by atoms with Crippen LogP contribution in [0.3, 0.4) is 0 Å². The Kier molecular flexibility index (Phi) is 3.38. The molecule has 2 aromatic heterocycles. The van der Waals surface area contributed by atoms with Gasteiger partial charge in [0, 0.05) is 30.1 Å². The number of halogens is 1. The molecule has 2 aromatic rings. The fourth-order valence-corrected chi connectivity index (χ4v) is 2.30. The summed E-state index contributed by atoms with van der Waals surface area (Å²) in [6, 6.07) is 0. The van der Waals surface area contributed by atoms with Crippen molar-refractivity contribution in [2.75, 3.05) is 5.88 Å². The van der Waals surface area contributed by atoms with E-state index in [1.54, 1.807) is 16.0 Å². The number of hydrogen-bond donors (Lipinski definition) is 0. The average Bonchev–Trinajstić information content (AvgIpc) is 2.83. The van der Waals surface area contributed by atoms with Crippen LogP contribution in [0.15, 0.2) is 17.8 Å². The number of rotatable bonds is 4. The van der Waals surface area contributed by atoms with Crippen molar-refractivity contribution < 1.29 is 0 Å². The van der Waals surface area contributed by atoms with Crippen LogP contribution in [0.4, 0.5) is 0 Å². The van der Waals surface area contributed by atoms with Gasteiger partial charge in [0.2, 0.25) is 0 Å². The summed E-state index contributed by atoms with van der Waals surface area (Å²) in [6.45, 7) is 0. The van der Waals surface area contributed by atoms with Gasteiger partial charge in [0.15, 0.2) is 0 Å². The maximum atomic E-state index is 5.64. The predicted molar refractivity (Wildman–Crippen MR) is 63.4 cm³/mol. The number of alkyl halides is 1. The van der Waals surface area contributed by atoms with Crippen molar-refractivity contribution >= 4 is 22.9 Å². The third-order valence-electron chi connectivity index (χ3n) is 2.07. The zero-order valence-corrected chi connectivity index (χ0v) is 10.1. The number of thiazole rings is 1. The van der Waals surface area contributed by atoms with E-state index < -0.39 is 0 Å². The number of hydrogen-bond acceptors (Lipinski definition) is 3. The van der Waals surface area contributed by atoms with Gasteiger partial charge < -0.3 is 0 Å². The third-order valence-corrected chi connectivity index (χ3v) is 3.28. The van der Waals surface area contributed by atoms with Gasteiger partial charge in [-0.25, -0.2) is 4.98 Å². The van der Waals surface area contributed by atoms with Crippen molar-refractivity contribution in [2.24, 2.45) is 7.05 Å². The first-order valence-electron chi connectivity index (χ1n) is 4.79. The smallest absolute Gasteiger partial charge is 0.126 e. The highest BCUT2D eigenvalue weighted by atomic mass is 35.5. The highest BCUT2D eigenvalue weighted by molar-refractivity contribution is 7.13. The average molecular weight is 242 g/mol. The largest absolute Gasteiger partial charge is 0.275 e. The van der Waals surface area contributed by atoms with Crippen LogP contribution in [-0.4, -0.2) is 20.6 Å². The van der Waals surface area contributed by atoms with E-state index in [1.807, 2.05) is 19.4 Å². The van der Waals surface area contributed by atoms with Crippen LogP contribution in [0, 0.1) is 0 Å². The topological polar surface area (TPSA) is 30.7 Å². The molecule has 0 aromatic carbocycles. The summed E-state index contributed by atoms with van der Waals surface area (Å²) in [5, 5.41) is 7.25. The molecule has 2 heterocycles. The van der Waals surface area contributed by atoms with Crippen molar-refractivity contribution in [3.63, 3.8) is 0 Å². The molecule has 0 bridgehead atoms. The monoisotopic (exact) mass is 241 g/mol. The minimum atomic E-state index is 0.694. The summed E-state index contributed by atoms with van der Waals surface area (Å²) in [4.78, 5) is 4.54.